The first-order valence-corrected chi connectivity index (χ1v) is 9.44. The molecule has 152 valence electrons. The van der Waals surface area contributed by atoms with E-state index in [2.05, 4.69) is 10.5 Å². The molecule has 0 atom stereocenters. The van der Waals surface area contributed by atoms with Gasteiger partial charge in [0.25, 0.3) is 5.91 Å². The van der Waals surface area contributed by atoms with Crippen molar-refractivity contribution in [3.05, 3.63) is 71.5 Å². The molecule has 0 saturated heterocycles. The van der Waals surface area contributed by atoms with E-state index in [4.69, 9.17) is 13.7 Å². The molecule has 0 aliphatic heterocycles. The Labute approximate surface area is 172 Å². The van der Waals surface area contributed by atoms with Gasteiger partial charge in [0.1, 0.15) is 11.3 Å². The smallest absolute Gasteiger partial charge is 0.310 e. The van der Waals surface area contributed by atoms with Crippen LogP contribution in [0.25, 0.3) is 22.2 Å². The number of fused-ring (bicyclic) bond motifs is 1. The van der Waals surface area contributed by atoms with Crippen molar-refractivity contribution in [2.45, 2.75) is 20.3 Å². The van der Waals surface area contributed by atoms with Crippen LogP contribution in [0.2, 0.25) is 0 Å². The second-order valence-electron chi connectivity index (χ2n) is 7.09. The normalized spacial score (nSPS) is 10.9. The molecule has 7 nitrogen and oxygen atoms in total. The molecule has 1 amide bonds. The lowest BCUT2D eigenvalue weighted by molar-refractivity contribution is -0.146. The number of carbonyl (C=O) groups excluding carboxylic acids is 2. The summed E-state index contributed by atoms with van der Waals surface area (Å²) in [4.78, 5) is 24.2. The first-order valence-electron chi connectivity index (χ1n) is 9.44. The second-order valence-corrected chi connectivity index (χ2v) is 7.09. The molecule has 7 heteroatoms. The molecule has 2 aromatic heterocycles. The maximum Gasteiger partial charge on any atom is 0.310 e. The predicted octanol–water partition coefficient (Wildman–Crippen LogP) is 4.43. The molecule has 0 spiro atoms. The molecule has 0 bridgehead atoms. The van der Waals surface area contributed by atoms with Crippen LogP contribution in [-0.2, 0) is 20.7 Å². The summed E-state index contributed by atoms with van der Waals surface area (Å²) in [5.74, 6) is -0.850. The summed E-state index contributed by atoms with van der Waals surface area (Å²) < 4.78 is 15.7. The van der Waals surface area contributed by atoms with Gasteiger partial charge in [-0.1, -0.05) is 47.1 Å². The number of esters is 1. The monoisotopic (exact) mass is 404 g/mol. The number of aryl methyl sites for hydroxylation is 2. The highest BCUT2D eigenvalue weighted by molar-refractivity contribution is 5.92. The third-order valence-corrected chi connectivity index (χ3v) is 4.63. The molecule has 1 N–H and O–H groups in total. The molecule has 2 heterocycles. The van der Waals surface area contributed by atoms with Gasteiger partial charge >= 0.3 is 5.97 Å². The van der Waals surface area contributed by atoms with Gasteiger partial charge in [0.05, 0.1) is 12.7 Å². The Morgan fingerprint density at radius 2 is 1.80 bits per heavy atom. The van der Waals surface area contributed by atoms with Crippen LogP contribution in [0.3, 0.4) is 0 Å². The number of aromatic nitrogens is 1. The lowest BCUT2D eigenvalue weighted by atomic mass is 10.1. The van der Waals surface area contributed by atoms with E-state index in [1.807, 2.05) is 56.3 Å². The van der Waals surface area contributed by atoms with Crippen LogP contribution in [0.1, 0.15) is 16.7 Å². The minimum atomic E-state index is -0.522. The van der Waals surface area contributed by atoms with Gasteiger partial charge in [-0.15, -0.1) is 0 Å². The van der Waals surface area contributed by atoms with E-state index >= 15 is 0 Å². The number of rotatable bonds is 6. The summed E-state index contributed by atoms with van der Waals surface area (Å²) in [5.41, 5.74) is 5.11. The Morgan fingerprint density at radius 1 is 1.03 bits per heavy atom. The van der Waals surface area contributed by atoms with E-state index in [-0.39, 0.29) is 12.3 Å². The van der Waals surface area contributed by atoms with Gasteiger partial charge in [0.2, 0.25) is 5.88 Å². The number of nitrogens with zero attached hydrogens (tertiary/aromatic N) is 1. The predicted molar refractivity (Wildman–Crippen MR) is 111 cm³/mol. The van der Waals surface area contributed by atoms with Crippen LogP contribution in [0.15, 0.2) is 63.7 Å². The zero-order chi connectivity index (χ0) is 21.1. The van der Waals surface area contributed by atoms with Gasteiger partial charge in [0, 0.05) is 22.6 Å². The summed E-state index contributed by atoms with van der Waals surface area (Å²) in [5, 5.41) is 7.33. The summed E-state index contributed by atoms with van der Waals surface area (Å²) in [6.45, 7) is 3.54. The zero-order valence-electron chi connectivity index (χ0n) is 16.6. The molecule has 0 radical (unpaired) electrons. The minimum absolute atomic E-state index is 0.0171. The standard InChI is InChI=1S/C23H20N2O5/c1-14-3-6-16(7-4-14)19-11-22(30-25-19)24-21(26)13-29-23(27)10-17-12-28-20-9-15(2)5-8-18(17)20/h3-9,11-12H,10,13H2,1-2H3,(H,24,26). The minimum Gasteiger partial charge on any atom is -0.464 e. The van der Waals surface area contributed by atoms with Gasteiger partial charge in [-0.05, 0) is 25.5 Å². The number of hydrogen-bond donors (Lipinski definition) is 1. The Kier molecular flexibility index (Phi) is 5.34. The zero-order valence-corrected chi connectivity index (χ0v) is 16.6. The van der Waals surface area contributed by atoms with Crippen molar-refractivity contribution in [1.29, 1.82) is 0 Å². The molecular weight excluding hydrogens is 384 g/mol. The summed E-state index contributed by atoms with van der Waals surface area (Å²) >= 11 is 0. The van der Waals surface area contributed by atoms with Crippen LogP contribution in [0, 0.1) is 13.8 Å². The van der Waals surface area contributed by atoms with Crippen molar-refractivity contribution >= 4 is 28.7 Å². The average Bonchev–Trinajstić information content (AvgIpc) is 3.34. The Hall–Kier alpha value is -3.87. The number of furan rings is 1. The van der Waals surface area contributed by atoms with E-state index in [0.717, 1.165) is 22.1 Å². The Balaban J connectivity index is 1.30. The third kappa shape index (κ3) is 4.41. The van der Waals surface area contributed by atoms with Crippen LogP contribution in [-0.4, -0.2) is 23.6 Å². The fraction of sp³-hybridized carbons (Fsp3) is 0.174. The molecule has 4 rings (SSSR count). The van der Waals surface area contributed by atoms with Crippen LogP contribution in [0.5, 0.6) is 0 Å². The largest absolute Gasteiger partial charge is 0.464 e. The number of nitrogens with one attached hydrogen (secondary N) is 1. The van der Waals surface area contributed by atoms with Crippen molar-refractivity contribution < 1.29 is 23.3 Å². The number of benzene rings is 2. The molecular formula is C23H20N2O5. The SMILES string of the molecule is Cc1ccc(-c2cc(NC(=O)COC(=O)Cc3coc4cc(C)ccc34)on2)cc1. The van der Waals surface area contributed by atoms with Crippen molar-refractivity contribution in [2.75, 3.05) is 11.9 Å². The Bertz CT molecular complexity index is 1200. The fourth-order valence-corrected chi connectivity index (χ4v) is 3.05. The highest BCUT2D eigenvalue weighted by Gasteiger charge is 2.15. The number of anilines is 1. The number of hydrogen-bond acceptors (Lipinski definition) is 6. The molecule has 0 unspecified atom stereocenters. The van der Waals surface area contributed by atoms with E-state index in [1.165, 1.54) is 6.26 Å². The summed E-state index contributed by atoms with van der Waals surface area (Å²) in [6, 6.07) is 15.1. The van der Waals surface area contributed by atoms with Gasteiger partial charge in [-0.2, -0.15) is 0 Å². The van der Waals surface area contributed by atoms with Gasteiger partial charge < -0.3 is 13.7 Å². The Morgan fingerprint density at radius 3 is 2.60 bits per heavy atom. The summed E-state index contributed by atoms with van der Waals surface area (Å²) in [6.07, 6.45) is 1.55. The van der Waals surface area contributed by atoms with Crippen LogP contribution < -0.4 is 5.32 Å². The number of carbonyl (C=O) groups is 2. The van der Waals surface area contributed by atoms with Crippen molar-refractivity contribution in [3.8, 4) is 11.3 Å². The van der Waals surface area contributed by atoms with E-state index in [0.29, 0.717) is 16.8 Å². The van der Waals surface area contributed by atoms with Gasteiger partial charge in [-0.25, -0.2) is 0 Å². The molecule has 0 saturated carbocycles. The van der Waals surface area contributed by atoms with E-state index in [1.54, 1.807) is 6.07 Å². The van der Waals surface area contributed by atoms with Crippen molar-refractivity contribution in [1.82, 2.24) is 5.16 Å². The quantitative estimate of drug-likeness (QED) is 0.478. The highest BCUT2D eigenvalue weighted by atomic mass is 16.5. The molecule has 0 fully saturated rings. The first-order chi connectivity index (χ1) is 14.5. The topological polar surface area (TPSA) is 94.6 Å². The maximum absolute atomic E-state index is 12.1. The highest BCUT2D eigenvalue weighted by Crippen LogP contribution is 2.23. The van der Waals surface area contributed by atoms with Gasteiger partial charge in [0.15, 0.2) is 6.61 Å². The molecule has 0 aliphatic rings. The molecule has 2 aromatic carbocycles. The lowest BCUT2D eigenvalue weighted by Gasteiger charge is -2.04. The number of ether oxygens (including phenoxy) is 1. The van der Waals surface area contributed by atoms with E-state index in [9.17, 15) is 9.59 Å². The molecule has 30 heavy (non-hydrogen) atoms. The first kappa shape index (κ1) is 19.4. The average molecular weight is 404 g/mol. The van der Waals surface area contributed by atoms with Crippen molar-refractivity contribution in [3.63, 3.8) is 0 Å². The second kappa shape index (κ2) is 8.24. The lowest BCUT2D eigenvalue weighted by Crippen LogP contribution is -2.21. The van der Waals surface area contributed by atoms with Crippen LogP contribution >= 0.6 is 0 Å². The number of amides is 1. The van der Waals surface area contributed by atoms with Crippen molar-refractivity contribution in [2.24, 2.45) is 0 Å². The fourth-order valence-electron chi connectivity index (χ4n) is 3.05. The summed E-state index contributed by atoms with van der Waals surface area (Å²) in [7, 11) is 0. The maximum atomic E-state index is 12.1. The third-order valence-electron chi connectivity index (χ3n) is 4.63. The molecule has 4 aromatic rings. The van der Waals surface area contributed by atoms with E-state index < -0.39 is 18.5 Å². The molecule has 0 aliphatic carbocycles. The van der Waals surface area contributed by atoms with Crippen LogP contribution in [0.4, 0.5) is 5.88 Å². The van der Waals surface area contributed by atoms with Gasteiger partial charge in [-0.3, -0.25) is 14.9 Å².